The van der Waals surface area contributed by atoms with Gasteiger partial charge in [-0.1, -0.05) is 25.1 Å². The highest BCUT2D eigenvalue weighted by atomic mass is 32.2. The van der Waals surface area contributed by atoms with Crippen molar-refractivity contribution in [3.8, 4) is 0 Å². The van der Waals surface area contributed by atoms with Crippen LogP contribution in [0.2, 0.25) is 0 Å². The van der Waals surface area contributed by atoms with Gasteiger partial charge in [-0.2, -0.15) is 0 Å². The monoisotopic (exact) mass is 360 g/mol. The van der Waals surface area contributed by atoms with Crippen LogP contribution >= 0.6 is 0 Å². The molecular formula is C19H21FN2O2S. The van der Waals surface area contributed by atoms with Crippen molar-refractivity contribution in [1.82, 2.24) is 10.3 Å². The molecule has 2 aromatic carbocycles. The molecule has 0 fully saturated rings. The normalized spacial score (nSPS) is 11.9. The van der Waals surface area contributed by atoms with Crippen LogP contribution in [-0.4, -0.2) is 26.5 Å². The lowest BCUT2D eigenvalue weighted by atomic mass is 10.1. The molecule has 4 nitrogen and oxygen atoms in total. The molecule has 25 heavy (non-hydrogen) atoms. The molecule has 3 rings (SSSR count). The lowest BCUT2D eigenvalue weighted by Crippen LogP contribution is -2.18. The highest BCUT2D eigenvalue weighted by Crippen LogP contribution is 2.31. The summed E-state index contributed by atoms with van der Waals surface area (Å²) in [5, 5.41) is 4.01. The topological polar surface area (TPSA) is 62.0 Å². The number of benzene rings is 2. The van der Waals surface area contributed by atoms with E-state index in [2.05, 4.69) is 17.2 Å². The molecule has 0 bridgehead atoms. The molecule has 0 aliphatic carbocycles. The SMILES string of the molecule is CCCNCCc1cccc2[nH]cc(S(=O)(=O)c3cccc(F)c3)c12. The van der Waals surface area contributed by atoms with E-state index in [0.717, 1.165) is 43.1 Å². The van der Waals surface area contributed by atoms with E-state index in [1.165, 1.54) is 24.4 Å². The summed E-state index contributed by atoms with van der Waals surface area (Å²) in [7, 11) is -3.79. The first-order chi connectivity index (χ1) is 12.0. The number of sulfone groups is 1. The Balaban J connectivity index is 2.04. The number of fused-ring (bicyclic) bond motifs is 1. The van der Waals surface area contributed by atoms with Gasteiger partial charge in [0.1, 0.15) is 5.82 Å². The molecular weight excluding hydrogens is 339 g/mol. The van der Waals surface area contributed by atoms with E-state index < -0.39 is 15.7 Å². The maximum atomic E-state index is 13.5. The third-order valence-corrected chi connectivity index (χ3v) is 5.93. The Kier molecular flexibility index (Phi) is 5.20. The van der Waals surface area contributed by atoms with Gasteiger partial charge in [-0.15, -0.1) is 0 Å². The summed E-state index contributed by atoms with van der Waals surface area (Å²) < 4.78 is 39.5. The smallest absolute Gasteiger partial charge is 0.208 e. The Hall–Kier alpha value is -2.18. The van der Waals surface area contributed by atoms with Crippen LogP contribution in [0.3, 0.4) is 0 Å². The van der Waals surface area contributed by atoms with Crippen molar-refractivity contribution in [3.63, 3.8) is 0 Å². The molecule has 1 heterocycles. The number of halogens is 1. The van der Waals surface area contributed by atoms with E-state index in [-0.39, 0.29) is 9.79 Å². The van der Waals surface area contributed by atoms with E-state index in [0.29, 0.717) is 5.39 Å². The average Bonchev–Trinajstić information content (AvgIpc) is 3.04. The number of hydrogen-bond acceptors (Lipinski definition) is 3. The number of aromatic nitrogens is 1. The van der Waals surface area contributed by atoms with Gasteiger partial charge >= 0.3 is 0 Å². The Labute approximate surface area is 147 Å². The van der Waals surface area contributed by atoms with E-state index in [1.807, 2.05) is 18.2 Å². The minimum atomic E-state index is -3.79. The number of hydrogen-bond donors (Lipinski definition) is 2. The second-order valence-corrected chi connectivity index (χ2v) is 7.87. The quantitative estimate of drug-likeness (QED) is 0.632. The Morgan fingerprint density at radius 2 is 1.92 bits per heavy atom. The van der Waals surface area contributed by atoms with Crippen LogP contribution in [-0.2, 0) is 16.3 Å². The van der Waals surface area contributed by atoms with E-state index >= 15 is 0 Å². The van der Waals surface area contributed by atoms with Gasteiger partial charge in [-0.3, -0.25) is 0 Å². The molecule has 0 amide bonds. The fourth-order valence-electron chi connectivity index (χ4n) is 2.93. The summed E-state index contributed by atoms with van der Waals surface area (Å²) in [5.41, 5.74) is 1.72. The van der Waals surface area contributed by atoms with Gasteiger partial charge < -0.3 is 10.3 Å². The fraction of sp³-hybridized carbons (Fsp3) is 0.263. The Morgan fingerprint density at radius 1 is 1.12 bits per heavy atom. The van der Waals surface area contributed by atoms with Gasteiger partial charge in [0, 0.05) is 17.1 Å². The highest BCUT2D eigenvalue weighted by molar-refractivity contribution is 7.91. The molecule has 3 aromatic rings. The summed E-state index contributed by atoms with van der Waals surface area (Å²) in [5.74, 6) is -0.565. The standard InChI is InChI=1S/C19H21FN2O2S/c1-2-10-21-11-9-14-5-3-8-17-19(14)18(13-22-17)25(23,24)16-7-4-6-15(20)12-16/h3-8,12-13,21-22H,2,9-11H2,1H3. The highest BCUT2D eigenvalue weighted by Gasteiger charge is 2.23. The average molecular weight is 360 g/mol. The second-order valence-electron chi connectivity index (χ2n) is 5.95. The minimum absolute atomic E-state index is 0.0349. The van der Waals surface area contributed by atoms with Crippen LogP contribution in [0.5, 0.6) is 0 Å². The van der Waals surface area contributed by atoms with Crippen LogP contribution in [0.25, 0.3) is 10.9 Å². The van der Waals surface area contributed by atoms with Crippen molar-refractivity contribution in [3.05, 3.63) is 60.0 Å². The fourth-order valence-corrected chi connectivity index (χ4v) is 4.44. The van der Waals surface area contributed by atoms with Crippen molar-refractivity contribution in [2.75, 3.05) is 13.1 Å². The first kappa shape index (κ1) is 17.6. The first-order valence-electron chi connectivity index (χ1n) is 8.34. The molecule has 6 heteroatoms. The van der Waals surface area contributed by atoms with Crippen molar-refractivity contribution in [2.24, 2.45) is 0 Å². The zero-order valence-electron chi connectivity index (χ0n) is 14.0. The number of rotatable bonds is 7. The molecule has 0 unspecified atom stereocenters. The van der Waals surface area contributed by atoms with Crippen molar-refractivity contribution in [2.45, 2.75) is 29.6 Å². The minimum Gasteiger partial charge on any atom is -0.360 e. The van der Waals surface area contributed by atoms with Gasteiger partial charge in [0.05, 0.1) is 9.79 Å². The van der Waals surface area contributed by atoms with Gasteiger partial charge in [-0.05, 0) is 55.8 Å². The molecule has 132 valence electrons. The first-order valence-corrected chi connectivity index (χ1v) is 9.82. The molecule has 0 spiro atoms. The van der Waals surface area contributed by atoms with Crippen molar-refractivity contribution < 1.29 is 12.8 Å². The maximum absolute atomic E-state index is 13.5. The van der Waals surface area contributed by atoms with Gasteiger partial charge in [0.25, 0.3) is 0 Å². The third-order valence-electron chi connectivity index (χ3n) is 4.15. The van der Waals surface area contributed by atoms with Crippen LogP contribution in [0, 0.1) is 5.82 Å². The Bertz CT molecular complexity index is 980. The van der Waals surface area contributed by atoms with Crippen LogP contribution in [0.15, 0.2) is 58.5 Å². The molecule has 0 saturated carbocycles. The Morgan fingerprint density at radius 3 is 2.68 bits per heavy atom. The lowest BCUT2D eigenvalue weighted by Gasteiger charge is -2.08. The van der Waals surface area contributed by atoms with Gasteiger partial charge in [0.15, 0.2) is 0 Å². The van der Waals surface area contributed by atoms with Crippen LogP contribution in [0.1, 0.15) is 18.9 Å². The predicted octanol–water partition coefficient (Wildman–Crippen LogP) is 3.68. The molecule has 0 aliphatic rings. The second kappa shape index (κ2) is 7.37. The van der Waals surface area contributed by atoms with E-state index in [4.69, 9.17) is 0 Å². The van der Waals surface area contributed by atoms with Crippen molar-refractivity contribution >= 4 is 20.7 Å². The molecule has 0 radical (unpaired) electrons. The van der Waals surface area contributed by atoms with Gasteiger partial charge in [0.2, 0.25) is 9.84 Å². The number of H-pyrrole nitrogens is 1. The summed E-state index contributed by atoms with van der Waals surface area (Å²) in [6.07, 6.45) is 3.27. The molecule has 1 aromatic heterocycles. The summed E-state index contributed by atoms with van der Waals surface area (Å²) >= 11 is 0. The molecule has 0 atom stereocenters. The maximum Gasteiger partial charge on any atom is 0.208 e. The number of nitrogens with one attached hydrogen (secondary N) is 2. The summed E-state index contributed by atoms with van der Waals surface area (Å²) in [6, 6.07) is 10.8. The van der Waals surface area contributed by atoms with E-state index in [1.54, 1.807) is 0 Å². The van der Waals surface area contributed by atoms with Gasteiger partial charge in [-0.25, -0.2) is 12.8 Å². The van der Waals surface area contributed by atoms with Crippen LogP contribution in [0.4, 0.5) is 4.39 Å². The predicted molar refractivity (Wildman–Crippen MR) is 97.0 cm³/mol. The lowest BCUT2D eigenvalue weighted by molar-refractivity contribution is 0.591. The molecule has 2 N–H and O–H groups in total. The molecule has 0 aliphatic heterocycles. The zero-order chi connectivity index (χ0) is 17.9. The zero-order valence-corrected chi connectivity index (χ0v) is 14.9. The van der Waals surface area contributed by atoms with Crippen molar-refractivity contribution in [1.29, 1.82) is 0 Å². The summed E-state index contributed by atoms with van der Waals surface area (Å²) in [6.45, 7) is 3.80. The largest absolute Gasteiger partial charge is 0.360 e. The molecule has 0 saturated heterocycles. The number of aromatic amines is 1. The summed E-state index contributed by atoms with van der Waals surface area (Å²) in [4.78, 5) is 3.19. The van der Waals surface area contributed by atoms with E-state index in [9.17, 15) is 12.8 Å². The van der Waals surface area contributed by atoms with Crippen LogP contribution < -0.4 is 5.32 Å². The third kappa shape index (κ3) is 3.60.